The summed E-state index contributed by atoms with van der Waals surface area (Å²) in [6, 6.07) is 4.18. The van der Waals surface area contributed by atoms with E-state index in [1.807, 2.05) is 13.8 Å². The number of amides is 8. The molecule has 32 nitrogen and oxygen atoms in total. The van der Waals surface area contributed by atoms with E-state index in [0.29, 0.717) is 67.8 Å². The third kappa shape index (κ3) is 33.9. The summed E-state index contributed by atoms with van der Waals surface area (Å²) in [4.78, 5) is 175. The maximum Gasteiger partial charge on any atom is 0.321 e. The van der Waals surface area contributed by atoms with Gasteiger partial charge in [-0.05, 0) is 152 Å². The molecule has 3 aliphatic rings. The van der Waals surface area contributed by atoms with Gasteiger partial charge in [-0.2, -0.15) is 0 Å². The van der Waals surface area contributed by atoms with Crippen molar-refractivity contribution in [2.24, 2.45) is 42.6 Å². The van der Waals surface area contributed by atoms with E-state index in [9.17, 15) is 57.5 Å². The molecule has 3 saturated carbocycles. The number of H-pyrrole nitrogens is 4. The van der Waals surface area contributed by atoms with Crippen LogP contribution in [0.4, 0.5) is 43.0 Å². The van der Waals surface area contributed by atoms with E-state index >= 15 is 0 Å². The number of aromatic amines is 4. The molecule has 4 aromatic heterocycles. The Balaban J connectivity index is 0.000000277. The highest BCUT2D eigenvalue weighted by atomic mass is 16.2. The van der Waals surface area contributed by atoms with Gasteiger partial charge in [0.05, 0.1) is 30.9 Å². The normalized spacial score (nSPS) is 18.9. The first kappa shape index (κ1) is 79.6. The van der Waals surface area contributed by atoms with Crippen molar-refractivity contribution in [1.29, 1.82) is 0 Å². The molecule has 4 heterocycles. The Morgan fingerprint density at radius 3 is 1.34 bits per heavy atom. The summed E-state index contributed by atoms with van der Waals surface area (Å²) in [5, 5.41) is 21.3. The molecule has 7 rings (SSSR count). The number of aromatic nitrogens is 8. The molecule has 0 radical (unpaired) electrons. The van der Waals surface area contributed by atoms with Crippen LogP contribution < -0.4 is 64.8 Å². The van der Waals surface area contributed by atoms with Gasteiger partial charge in [-0.15, -0.1) is 0 Å². The van der Waals surface area contributed by atoms with Gasteiger partial charge in [0.25, 0.3) is 22.2 Å². The molecule has 0 saturated heterocycles. The Kier molecular flexibility index (Phi) is 34.9. The predicted molar refractivity (Wildman–Crippen MR) is 366 cm³/mol. The first-order chi connectivity index (χ1) is 46.3. The first-order valence-electron chi connectivity index (χ1n) is 33.1. The number of rotatable bonds is 26. The third-order valence-corrected chi connectivity index (χ3v) is 16.2. The lowest BCUT2D eigenvalue weighted by atomic mass is 9.63. The van der Waals surface area contributed by atoms with Gasteiger partial charge in [-0.25, -0.2) is 78.3 Å². The fourth-order valence-electron chi connectivity index (χ4n) is 12.1. The van der Waals surface area contributed by atoms with Crippen LogP contribution in [0, 0.1) is 43.4 Å². The summed E-state index contributed by atoms with van der Waals surface area (Å²) in [6.07, 6.45) is 25.6. The Labute approximate surface area is 562 Å². The van der Waals surface area contributed by atoms with Gasteiger partial charge in [0.1, 0.15) is 0 Å². The Morgan fingerprint density at radius 1 is 0.505 bits per heavy atom. The summed E-state index contributed by atoms with van der Waals surface area (Å²) in [5.41, 5.74) is 0.883. The van der Waals surface area contributed by atoms with E-state index in [1.54, 1.807) is 32.9 Å². The van der Waals surface area contributed by atoms with Crippen LogP contribution in [-0.2, 0) is 19.2 Å². The highest BCUT2D eigenvalue weighted by molar-refractivity contribution is 5.88. The predicted octanol–water partition coefficient (Wildman–Crippen LogP) is 8.17. The SMILES string of the molecule is CC(C)c1cc(=O)[nH]c(NC(=O)NCCCCCCN=C=O)n1.Cc1cc(=O)[nH]c(NC(=O)NC2CCC(CC3CCC(N=C=O)CC3)CC2)n1.Cc1cc(=O)[nH]c(NC(=O)NCC2(C)CC(N=C=O)CC(C)(C)C2)n1.Cc1cc(=O)[nH]c(NC(=O)NCCCCCCN=C=O)n1. The van der Waals surface area contributed by atoms with Gasteiger partial charge in [-0.3, -0.25) is 60.4 Å². The van der Waals surface area contributed by atoms with Crippen LogP contribution >= 0.6 is 0 Å². The van der Waals surface area contributed by atoms with Crippen molar-refractivity contribution in [3.05, 3.63) is 88.5 Å². The lowest BCUT2D eigenvalue weighted by Crippen LogP contribution is -2.45. The van der Waals surface area contributed by atoms with Crippen molar-refractivity contribution in [1.82, 2.24) is 61.1 Å². The minimum atomic E-state index is -0.436. The molecule has 3 aliphatic carbocycles. The first-order valence-corrected chi connectivity index (χ1v) is 33.1. The van der Waals surface area contributed by atoms with E-state index in [0.717, 1.165) is 121 Å². The van der Waals surface area contributed by atoms with E-state index in [1.165, 1.54) is 42.8 Å². The van der Waals surface area contributed by atoms with Gasteiger partial charge >= 0.3 is 24.1 Å². The fourth-order valence-corrected chi connectivity index (χ4v) is 12.1. The minimum absolute atomic E-state index is 0.0273. The molecule has 0 bridgehead atoms. The van der Waals surface area contributed by atoms with Gasteiger partial charge in [0.2, 0.25) is 48.1 Å². The zero-order chi connectivity index (χ0) is 71.2. The monoisotopic (exact) mass is 1350 g/mol. The largest absolute Gasteiger partial charge is 0.338 e. The standard InChI is InChI=1S/C20H29N5O3.C17H25N5O3.C15H23N5O3.C13H19N5O3/c1-13-10-18(27)24-19(22-13)25-20(28)23-17-8-4-15(5-9-17)11-14-2-6-16(7-3-14)21-12-26;1-11-5-13(24)21-14(20-11)22-15(25)18-9-17(4)7-12(19-10-23)6-16(2,3)8-17;1-11(2)12-9-13(22)19-14(18-12)20-15(23)17-8-6-4-3-5-7-16-10-21;1-10-8-11(20)17-12(16-10)18-13(21)15-7-5-3-2-4-6-14-9-19/h10,14-17H,2-9,11H2,1H3,(H3,22,23,24,25,27,28);5,12H,6-9H2,1-4H3,(H3,18,20,21,22,24,25);9,11H,3-8H2,1-2H3,(H3,17,18,19,20,22,23);8H,2-7H2,1H3,(H3,15,16,17,18,20,21). The molecule has 0 aliphatic heterocycles. The van der Waals surface area contributed by atoms with Gasteiger partial charge in [0, 0.05) is 67.0 Å². The van der Waals surface area contributed by atoms with Gasteiger partial charge in [0.15, 0.2) is 0 Å². The van der Waals surface area contributed by atoms with Crippen LogP contribution in [0.2, 0.25) is 0 Å². The number of nitrogens with zero attached hydrogens (tertiary/aromatic N) is 8. The van der Waals surface area contributed by atoms with Crippen LogP contribution in [0.3, 0.4) is 0 Å². The number of anilines is 4. The van der Waals surface area contributed by atoms with Crippen molar-refractivity contribution < 1.29 is 38.4 Å². The van der Waals surface area contributed by atoms with E-state index in [-0.39, 0.29) is 86.9 Å². The highest BCUT2D eigenvalue weighted by Gasteiger charge is 2.41. The highest BCUT2D eigenvalue weighted by Crippen LogP contribution is 2.46. The molecular formula is C65H96N20O12. The lowest BCUT2D eigenvalue weighted by Gasteiger charge is -2.45. The smallest absolute Gasteiger partial charge is 0.321 e. The average molecular weight is 1350 g/mol. The molecule has 0 spiro atoms. The summed E-state index contributed by atoms with van der Waals surface area (Å²) in [5.74, 6) is 2.11. The Hall–Kier alpha value is -9.88. The molecule has 0 aromatic carbocycles. The third-order valence-electron chi connectivity index (χ3n) is 16.2. The Bertz CT molecular complexity index is 3620. The zero-order valence-corrected chi connectivity index (χ0v) is 56.9. The molecule has 32 heteroatoms. The molecule has 97 heavy (non-hydrogen) atoms. The van der Waals surface area contributed by atoms with Crippen molar-refractivity contribution >= 4 is 72.2 Å². The number of aliphatic imine (C=N–C) groups is 4. The van der Waals surface area contributed by atoms with E-state index in [2.05, 4.69) is 123 Å². The number of urea groups is 4. The number of isocyanates is 4. The topological polar surface area (TPSA) is 465 Å². The molecular weight excluding hydrogens is 1250 g/mol. The van der Waals surface area contributed by atoms with Gasteiger partial charge < -0.3 is 21.3 Å². The van der Waals surface area contributed by atoms with E-state index in [4.69, 9.17) is 0 Å². The molecule has 3 fully saturated rings. The minimum Gasteiger partial charge on any atom is -0.338 e. The lowest BCUT2D eigenvalue weighted by molar-refractivity contribution is 0.0855. The summed E-state index contributed by atoms with van der Waals surface area (Å²) in [7, 11) is 0. The summed E-state index contributed by atoms with van der Waals surface area (Å²) in [6.45, 7) is 17.8. The summed E-state index contributed by atoms with van der Waals surface area (Å²) < 4.78 is 0. The Morgan fingerprint density at radius 2 is 0.907 bits per heavy atom. The van der Waals surface area contributed by atoms with Gasteiger partial charge in [-0.1, -0.05) is 60.3 Å². The molecule has 2 atom stereocenters. The second-order valence-corrected chi connectivity index (χ2v) is 26.1. The van der Waals surface area contributed by atoms with Crippen molar-refractivity contribution in [2.75, 3.05) is 54.0 Å². The van der Waals surface area contributed by atoms with E-state index < -0.39 is 18.1 Å². The molecule has 2 unspecified atom stereocenters. The van der Waals surface area contributed by atoms with Crippen LogP contribution in [0.25, 0.3) is 0 Å². The quantitative estimate of drug-likeness (QED) is 0.0160. The molecule has 8 amide bonds. The van der Waals surface area contributed by atoms with Crippen molar-refractivity contribution in [2.45, 2.75) is 208 Å². The average Bonchev–Trinajstić information content (AvgIpc) is 0.806. The van der Waals surface area contributed by atoms with Crippen LogP contribution in [0.5, 0.6) is 0 Å². The number of unbranched alkanes of at least 4 members (excludes halogenated alkanes) is 6. The van der Waals surface area contributed by atoms with Crippen LogP contribution in [-0.4, -0.2) is 139 Å². The van der Waals surface area contributed by atoms with Crippen molar-refractivity contribution in [3.63, 3.8) is 0 Å². The number of carbonyl (C=O) groups excluding carboxylic acids is 8. The van der Waals surface area contributed by atoms with Crippen molar-refractivity contribution in [3.8, 4) is 0 Å². The van der Waals surface area contributed by atoms with Crippen LogP contribution in [0.15, 0.2) is 63.4 Å². The molecule has 4 aromatic rings. The number of carbonyl (C=O) groups is 4. The number of hydrogen-bond acceptors (Lipinski definition) is 20. The number of hydrogen-bond donors (Lipinski definition) is 12. The fraction of sp³-hybridized carbons (Fsp3) is 0.631. The second kappa shape index (κ2) is 42.5. The summed E-state index contributed by atoms with van der Waals surface area (Å²) >= 11 is 0. The number of aryl methyl sites for hydroxylation is 3. The molecule has 528 valence electrons. The molecule has 12 N–H and O–H groups in total. The maximum absolute atomic E-state index is 12.2. The van der Waals surface area contributed by atoms with Crippen LogP contribution in [0.1, 0.15) is 192 Å². The maximum atomic E-state index is 12.2. The second-order valence-electron chi connectivity index (χ2n) is 26.1. The zero-order valence-electron chi connectivity index (χ0n) is 56.9. The number of nitrogens with one attached hydrogen (secondary N) is 12.